The Kier molecular flexibility index (Phi) is 0.960. The van der Waals surface area contributed by atoms with Crippen LogP contribution in [0.1, 0.15) is 11.3 Å². The first-order chi connectivity index (χ1) is 4.47. The molecule has 1 aromatic heterocycles. The molecule has 1 radical (unpaired) electrons. The van der Waals surface area contributed by atoms with Gasteiger partial charge in [-0.1, -0.05) is 0 Å². The number of nitrogens with zero attached hydrogens (tertiary/aromatic N) is 2. The average Bonchev–Trinajstić information content (AvgIpc) is 2.33. The molecule has 1 aromatic rings. The van der Waals surface area contributed by atoms with Gasteiger partial charge in [0.1, 0.15) is 0 Å². The van der Waals surface area contributed by atoms with Gasteiger partial charge < -0.3 is 5.32 Å². The largest absolute Gasteiger partial charge is 0.307 e. The van der Waals surface area contributed by atoms with Crippen LogP contribution in [0.3, 0.4) is 0 Å². The van der Waals surface area contributed by atoms with E-state index in [1.807, 2.05) is 6.20 Å². The van der Waals surface area contributed by atoms with E-state index in [-0.39, 0.29) is 0 Å². The summed E-state index contributed by atoms with van der Waals surface area (Å²) in [7, 11) is 0. The highest BCUT2D eigenvalue weighted by Gasteiger charge is 2.09. The van der Waals surface area contributed by atoms with Crippen LogP contribution in [0.4, 0.5) is 0 Å². The van der Waals surface area contributed by atoms with Crippen LogP contribution in [0.15, 0.2) is 6.20 Å². The van der Waals surface area contributed by atoms with Gasteiger partial charge in [0.05, 0.1) is 5.69 Å². The standard InChI is InChI=1S/C6H6N3/c1-5-2-8-4-9-6(5)3-7-1/h2,7H,1,3H2. The number of fused-ring (bicyclic) bond motifs is 1. The lowest BCUT2D eigenvalue weighted by molar-refractivity contribution is 0.757. The van der Waals surface area contributed by atoms with E-state index < -0.39 is 0 Å². The monoisotopic (exact) mass is 120 g/mol. The Balaban J connectivity index is 2.54. The maximum absolute atomic E-state index is 3.96. The molecular formula is C6H6N3. The van der Waals surface area contributed by atoms with Gasteiger partial charge in [-0.3, -0.25) is 0 Å². The second-order valence-electron chi connectivity index (χ2n) is 2.05. The summed E-state index contributed by atoms with van der Waals surface area (Å²) < 4.78 is 0. The molecule has 0 saturated carbocycles. The van der Waals surface area contributed by atoms with Crippen molar-refractivity contribution in [1.82, 2.24) is 15.3 Å². The molecule has 1 aliphatic rings. The quantitative estimate of drug-likeness (QED) is 0.518. The van der Waals surface area contributed by atoms with Crippen molar-refractivity contribution < 1.29 is 0 Å². The topological polar surface area (TPSA) is 37.8 Å². The van der Waals surface area contributed by atoms with Gasteiger partial charge in [-0.05, 0) is 0 Å². The molecule has 0 saturated heterocycles. The average molecular weight is 120 g/mol. The SMILES string of the molecule is [c]1ncc2c(n1)CNC2. The molecule has 3 heteroatoms. The second kappa shape index (κ2) is 1.77. The summed E-state index contributed by atoms with van der Waals surface area (Å²) in [5.41, 5.74) is 2.29. The highest BCUT2D eigenvalue weighted by Crippen LogP contribution is 2.08. The zero-order chi connectivity index (χ0) is 6.10. The molecule has 0 aliphatic carbocycles. The summed E-state index contributed by atoms with van der Waals surface area (Å²) in [5.74, 6) is 0. The van der Waals surface area contributed by atoms with Gasteiger partial charge in [0.2, 0.25) is 0 Å². The van der Waals surface area contributed by atoms with Gasteiger partial charge in [-0.15, -0.1) is 0 Å². The van der Waals surface area contributed by atoms with Crippen molar-refractivity contribution >= 4 is 0 Å². The molecule has 1 N–H and O–H groups in total. The van der Waals surface area contributed by atoms with E-state index in [1.165, 1.54) is 5.56 Å². The smallest absolute Gasteiger partial charge is 0.198 e. The Morgan fingerprint density at radius 3 is 3.44 bits per heavy atom. The lowest BCUT2D eigenvalue weighted by Gasteiger charge is -1.89. The molecule has 0 bridgehead atoms. The van der Waals surface area contributed by atoms with E-state index in [4.69, 9.17) is 0 Å². The summed E-state index contributed by atoms with van der Waals surface area (Å²) in [5, 5.41) is 3.17. The van der Waals surface area contributed by atoms with Crippen LogP contribution in [-0.2, 0) is 13.1 Å². The lowest BCUT2D eigenvalue weighted by atomic mass is 10.3. The van der Waals surface area contributed by atoms with E-state index in [1.54, 1.807) is 0 Å². The first kappa shape index (κ1) is 4.88. The summed E-state index contributed by atoms with van der Waals surface area (Å²) in [6, 6.07) is 0. The van der Waals surface area contributed by atoms with Crippen LogP contribution in [0, 0.1) is 6.33 Å². The van der Waals surface area contributed by atoms with Crippen molar-refractivity contribution in [2.75, 3.05) is 0 Å². The summed E-state index contributed by atoms with van der Waals surface area (Å²) in [4.78, 5) is 7.74. The van der Waals surface area contributed by atoms with Gasteiger partial charge in [-0.25, -0.2) is 9.97 Å². The minimum atomic E-state index is 0.869. The van der Waals surface area contributed by atoms with Crippen LogP contribution in [0.25, 0.3) is 0 Å². The fraction of sp³-hybridized carbons (Fsp3) is 0.333. The predicted octanol–water partition coefficient (Wildman–Crippen LogP) is -0.120. The van der Waals surface area contributed by atoms with Crippen molar-refractivity contribution in [3.8, 4) is 0 Å². The Morgan fingerprint density at radius 1 is 1.56 bits per heavy atom. The number of hydrogen-bond donors (Lipinski definition) is 1. The van der Waals surface area contributed by atoms with Crippen molar-refractivity contribution in [2.45, 2.75) is 13.1 Å². The van der Waals surface area contributed by atoms with Crippen LogP contribution >= 0.6 is 0 Å². The predicted molar refractivity (Wildman–Crippen MR) is 31.4 cm³/mol. The van der Waals surface area contributed by atoms with E-state index in [0.717, 1.165) is 18.8 Å². The van der Waals surface area contributed by atoms with Gasteiger partial charge in [0.15, 0.2) is 6.33 Å². The first-order valence-electron chi connectivity index (χ1n) is 2.88. The molecular weight excluding hydrogens is 114 g/mol. The van der Waals surface area contributed by atoms with Gasteiger partial charge in [-0.2, -0.15) is 0 Å². The molecule has 3 nitrogen and oxygen atoms in total. The summed E-state index contributed by atoms with van der Waals surface area (Å²) >= 11 is 0. The van der Waals surface area contributed by atoms with E-state index in [9.17, 15) is 0 Å². The minimum Gasteiger partial charge on any atom is -0.307 e. The van der Waals surface area contributed by atoms with Gasteiger partial charge in [0, 0.05) is 24.8 Å². The van der Waals surface area contributed by atoms with Crippen LogP contribution in [0.5, 0.6) is 0 Å². The summed E-state index contributed by atoms with van der Waals surface area (Å²) in [6.07, 6.45) is 4.36. The number of rotatable bonds is 0. The van der Waals surface area contributed by atoms with E-state index in [2.05, 4.69) is 21.6 Å². The second-order valence-corrected chi connectivity index (χ2v) is 2.05. The van der Waals surface area contributed by atoms with Crippen molar-refractivity contribution in [2.24, 2.45) is 0 Å². The van der Waals surface area contributed by atoms with Gasteiger partial charge in [0.25, 0.3) is 0 Å². The van der Waals surface area contributed by atoms with Crippen LogP contribution in [-0.4, -0.2) is 9.97 Å². The third-order valence-electron chi connectivity index (χ3n) is 1.44. The zero-order valence-corrected chi connectivity index (χ0v) is 4.89. The Hall–Kier alpha value is -0.960. The van der Waals surface area contributed by atoms with Crippen LogP contribution < -0.4 is 5.32 Å². The fourth-order valence-electron chi connectivity index (χ4n) is 0.959. The minimum absolute atomic E-state index is 0.869. The molecule has 0 spiro atoms. The number of aromatic nitrogens is 2. The molecule has 0 fully saturated rings. The maximum Gasteiger partial charge on any atom is 0.198 e. The molecule has 0 amide bonds. The number of hydrogen-bond acceptors (Lipinski definition) is 3. The normalized spacial score (nSPS) is 15.6. The van der Waals surface area contributed by atoms with Crippen molar-refractivity contribution in [3.63, 3.8) is 0 Å². The summed E-state index contributed by atoms with van der Waals surface area (Å²) in [6.45, 7) is 1.78. The Bertz CT molecular complexity index is 198. The number of nitrogens with one attached hydrogen (secondary N) is 1. The Labute approximate surface area is 53.1 Å². The Morgan fingerprint density at radius 2 is 2.56 bits per heavy atom. The lowest BCUT2D eigenvalue weighted by Crippen LogP contribution is -2.00. The highest BCUT2D eigenvalue weighted by molar-refractivity contribution is 5.18. The molecule has 0 atom stereocenters. The van der Waals surface area contributed by atoms with E-state index in [0.29, 0.717) is 0 Å². The van der Waals surface area contributed by atoms with E-state index >= 15 is 0 Å². The molecule has 2 rings (SSSR count). The van der Waals surface area contributed by atoms with Crippen molar-refractivity contribution in [3.05, 3.63) is 23.8 Å². The molecule has 2 heterocycles. The molecule has 45 valence electrons. The van der Waals surface area contributed by atoms with Gasteiger partial charge >= 0.3 is 0 Å². The maximum atomic E-state index is 3.96. The third kappa shape index (κ3) is 0.695. The van der Waals surface area contributed by atoms with Crippen LogP contribution in [0.2, 0.25) is 0 Å². The van der Waals surface area contributed by atoms with Crippen molar-refractivity contribution in [1.29, 1.82) is 0 Å². The molecule has 9 heavy (non-hydrogen) atoms. The zero-order valence-electron chi connectivity index (χ0n) is 4.89. The molecule has 1 aliphatic heterocycles. The third-order valence-corrected chi connectivity index (χ3v) is 1.44. The highest BCUT2D eigenvalue weighted by atomic mass is 15.0. The molecule has 0 aromatic carbocycles. The molecule has 0 unspecified atom stereocenters. The fourth-order valence-corrected chi connectivity index (χ4v) is 0.959. The first-order valence-corrected chi connectivity index (χ1v) is 2.88.